The highest BCUT2D eigenvalue weighted by Gasteiger charge is 2.09. The molecule has 3 aromatic rings. The van der Waals surface area contributed by atoms with E-state index < -0.39 is 0 Å². The molecule has 1 N–H and O–H groups in total. The van der Waals surface area contributed by atoms with E-state index in [-0.39, 0.29) is 0 Å². The number of para-hydroxylation sites is 1. The van der Waals surface area contributed by atoms with Crippen molar-refractivity contribution < 1.29 is 4.74 Å². The van der Waals surface area contributed by atoms with Crippen molar-refractivity contribution in [3.8, 4) is 17.0 Å². The predicted octanol–water partition coefficient (Wildman–Crippen LogP) is 4.20. The second-order valence-electron chi connectivity index (χ2n) is 4.92. The van der Waals surface area contributed by atoms with Crippen LogP contribution >= 0.6 is 0 Å². The molecule has 110 valence electrons. The summed E-state index contributed by atoms with van der Waals surface area (Å²) in [5, 5.41) is 3.33. The third-order valence-corrected chi connectivity index (χ3v) is 3.48. The van der Waals surface area contributed by atoms with Gasteiger partial charge in [-0.3, -0.25) is 0 Å². The van der Waals surface area contributed by atoms with Gasteiger partial charge in [-0.05, 0) is 43.3 Å². The zero-order valence-corrected chi connectivity index (χ0v) is 12.6. The summed E-state index contributed by atoms with van der Waals surface area (Å²) < 4.78 is 5.19. The van der Waals surface area contributed by atoms with Crippen LogP contribution in [0.25, 0.3) is 11.3 Å². The number of ether oxygens (including phenoxy) is 1. The molecule has 1 aromatic heterocycles. The lowest BCUT2D eigenvalue weighted by atomic mass is 10.1. The van der Waals surface area contributed by atoms with Crippen molar-refractivity contribution in [1.29, 1.82) is 0 Å². The first-order valence-electron chi connectivity index (χ1n) is 7.06. The number of methoxy groups -OCH3 is 1. The Hall–Kier alpha value is -2.88. The van der Waals surface area contributed by atoms with Gasteiger partial charge in [0.05, 0.1) is 12.8 Å². The predicted molar refractivity (Wildman–Crippen MR) is 88.5 cm³/mol. The lowest BCUT2D eigenvalue weighted by Gasteiger charge is -2.12. The fourth-order valence-electron chi connectivity index (χ4n) is 2.27. The van der Waals surface area contributed by atoms with E-state index in [1.165, 1.54) is 0 Å². The minimum absolute atomic E-state index is 0.812. The average Bonchev–Trinajstić information content (AvgIpc) is 2.58. The van der Waals surface area contributed by atoms with Crippen LogP contribution in [0.5, 0.6) is 5.75 Å². The molecule has 0 aliphatic rings. The molecular weight excluding hydrogens is 274 g/mol. The number of nitrogens with one attached hydrogen (secondary N) is 1. The average molecular weight is 291 g/mol. The molecule has 1 heterocycles. The van der Waals surface area contributed by atoms with Crippen LogP contribution in [0.4, 0.5) is 11.5 Å². The van der Waals surface area contributed by atoms with Crippen LogP contribution in [0.15, 0.2) is 60.9 Å². The molecule has 0 saturated carbocycles. The molecule has 3 rings (SSSR count). The van der Waals surface area contributed by atoms with E-state index >= 15 is 0 Å². The van der Waals surface area contributed by atoms with Crippen molar-refractivity contribution in [2.45, 2.75) is 6.92 Å². The van der Waals surface area contributed by atoms with E-state index in [2.05, 4.69) is 15.3 Å². The standard InChI is InChI=1S/C18H17N3O/c1-13-17(14-8-10-16(22-2)11-9-14)19-12-20-18(13)21-15-6-4-3-5-7-15/h3-12H,1-2H3,(H,19,20,21). The zero-order valence-electron chi connectivity index (χ0n) is 12.6. The fourth-order valence-corrected chi connectivity index (χ4v) is 2.27. The van der Waals surface area contributed by atoms with Crippen LogP contribution in [-0.4, -0.2) is 17.1 Å². The summed E-state index contributed by atoms with van der Waals surface area (Å²) in [4.78, 5) is 8.76. The van der Waals surface area contributed by atoms with Crippen molar-refractivity contribution in [1.82, 2.24) is 9.97 Å². The molecule has 0 aliphatic carbocycles. The van der Waals surface area contributed by atoms with Crippen LogP contribution < -0.4 is 10.1 Å². The van der Waals surface area contributed by atoms with Crippen LogP contribution in [0.3, 0.4) is 0 Å². The number of nitrogens with zero attached hydrogens (tertiary/aromatic N) is 2. The maximum absolute atomic E-state index is 5.19. The van der Waals surface area contributed by atoms with Gasteiger partial charge in [0.2, 0.25) is 0 Å². The maximum Gasteiger partial charge on any atom is 0.137 e. The summed E-state index contributed by atoms with van der Waals surface area (Å²) in [5.41, 5.74) is 3.97. The molecular formula is C18H17N3O. The topological polar surface area (TPSA) is 47.0 Å². The maximum atomic E-state index is 5.19. The molecule has 0 spiro atoms. The number of rotatable bonds is 4. The van der Waals surface area contributed by atoms with Crippen LogP contribution in [0.1, 0.15) is 5.56 Å². The molecule has 0 saturated heterocycles. The molecule has 0 bridgehead atoms. The molecule has 0 radical (unpaired) electrons. The van der Waals surface area contributed by atoms with Crippen molar-refractivity contribution in [3.05, 3.63) is 66.5 Å². The Morgan fingerprint density at radius 3 is 2.32 bits per heavy atom. The number of aromatic nitrogens is 2. The zero-order chi connectivity index (χ0) is 15.4. The number of anilines is 2. The summed E-state index contributed by atoms with van der Waals surface area (Å²) in [5.74, 6) is 1.64. The fraction of sp³-hybridized carbons (Fsp3) is 0.111. The summed E-state index contributed by atoms with van der Waals surface area (Å²) in [6, 6.07) is 17.8. The van der Waals surface area contributed by atoms with Gasteiger partial charge < -0.3 is 10.1 Å². The lowest BCUT2D eigenvalue weighted by molar-refractivity contribution is 0.415. The van der Waals surface area contributed by atoms with Gasteiger partial charge in [-0.1, -0.05) is 18.2 Å². The Morgan fingerprint density at radius 2 is 1.64 bits per heavy atom. The number of benzene rings is 2. The summed E-state index contributed by atoms with van der Waals surface area (Å²) in [7, 11) is 1.66. The Morgan fingerprint density at radius 1 is 0.909 bits per heavy atom. The second-order valence-corrected chi connectivity index (χ2v) is 4.92. The SMILES string of the molecule is COc1ccc(-c2ncnc(Nc3ccccc3)c2C)cc1. The van der Waals surface area contributed by atoms with Gasteiger partial charge in [-0.15, -0.1) is 0 Å². The molecule has 4 nitrogen and oxygen atoms in total. The molecule has 0 unspecified atom stereocenters. The van der Waals surface area contributed by atoms with Gasteiger partial charge in [-0.2, -0.15) is 0 Å². The highest BCUT2D eigenvalue weighted by molar-refractivity contribution is 5.70. The molecule has 0 aliphatic heterocycles. The second kappa shape index (κ2) is 6.26. The van der Waals surface area contributed by atoms with Crippen LogP contribution in [0, 0.1) is 6.92 Å². The Labute approximate surface area is 129 Å². The quantitative estimate of drug-likeness (QED) is 0.782. The molecule has 4 heteroatoms. The van der Waals surface area contributed by atoms with Gasteiger partial charge >= 0.3 is 0 Å². The summed E-state index contributed by atoms with van der Waals surface area (Å²) in [6.45, 7) is 2.02. The molecule has 0 atom stereocenters. The van der Waals surface area contributed by atoms with Gasteiger partial charge in [0, 0.05) is 16.8 Å². The van der Waals surface area contributed by atoms with E-state index in [9.17, 15) is 0 Å². The third-order valence-electron chi connectivity index (χ3n) is 3.48. The van der Waals surface area contributed by atoms with E-state index in [4.69, 9.17) is 4.74 Å². The van der Waals surface area contributed by atoms with E-state index in [1.807, 2.05) is 61.5 Å². The van der Waals surface area contributed by atoms with Crippen molar-refractivity contribution in [2.24, 2.45) is 0 Å². The molecule has 0 fully saturated rings. The van der Waals surface area contributed by atoms with Crippen molar-refractivity contribution in [2.75, 3.05) is 12.4 Å². The minimum Gasteiger partial charge on any atom is -0.497 e. The van der Waals surface area contributed by atoms with Crippen molar-refractivity contribution in [3.63, 3.8) is 0 Å². The highest BCUT2D eigenvalue weighted by atomic mass is 16.5. The van der Waals surface area contributed by atoms with E-state index in [1.54, 1.807) is 13.4 Å². The van der Waals surface area contributed by atoms with Gasteiger partial charge in [0.15, 0.2) is 0 Å². The first-order chi connectivity index (χ1) is 10.8. The van der Waals surface area contributed by atoms with Gasteiger partial charge in [0.1, 0.15) is 17.9 Å². The first kappa shape index (κ1) is 14.1. The van der Waals surface area contributed by atoms with E-state index in [0.29, 0.717) is 0 Å². The molecule has 22 heavy (non-hydrogen) atoms. The number of hydrogen-bond donors (Lipinski definition) is 1. The summed E-state index contributed by atoms with van der Waals surface area (Å²) in [6.07, 6.45) is 1.58. The summed E-state index contributed by atoms with van der Waals surface area (Å²) >= 11 is 0. The normalized spacial score (nSPS) is 10.3. The first-order valence-corrected chi connectivity index (χ1v) is 7.06. The smallest absolute Gasteiger partial charge is 0.137 e. The van der Waals surface area contributed by atoms with E-state index in [0.717, 1.165) is 34.1 Å². The monoisotopic (exact) mass is 291 g/mol. The largest absolute Gasteiger partial charge is 0.497 e. The highest BCUT2D eigenvalue weighted by Crippen LogP contribution is 2.27. The Kier molecular flexibility index (Phi) is 4.01. The third kappa shape index (κ3) is 2.91. The van der Waals surface area contributed by atoms with Gasteiger partial charge in [-0.25, -0.2) is 9.97 Å². The Balaban J connectivity index is 1.94. The van der Waals surface area contributed by atoms with Crippen molar-refractivity contribution >= 4 is 11.5 Å². The van der Waals surface area contributed by atoms with Crippen LogP contribution in [-0.2, 0) is 0 Å². The van der Waals surface area contributed by atoms with Gasteiger partial charge in [0.25, 0.3) is 0 Å². The molecule has 2 aromatic carbocycles. The Bertz CT molecular complexity index is 755. The minimum atomic E-state index is 0.812. The molecule has 0 amide bonds. The lowest BCUT2D eigenvalue weighted by Crippen LogP contribution is -2.00. The van der Waals surface area contributed by atoms with Crippen LogP contribution in [0.2, 0.25) is 0 Å². The number of hydrogen-bond acceptors (Lipinski definition) is 4.